The first-order valence-corrected chi connectivity index (χ1v) is 5.59. The van der Waals surface area contributed by atoms with E-state index in [1.54, 1.807) is 7.11 Å². The van der Waals surface area contributed by atoms with Gasteiger partial charge in [-0.2, -0.15) is 0 Å². The number of carbonyl (C=O) groups excluding carboxylic acids is 1. The van der Waals surface area contributed by atoms with E-state index in [-0.39, 0.29) is 30.3 Å². The molecule has 0 aromatic rings. The number of likely N-dealkylation sites (tertiary alicyclic amines) is 1. The summed E-state index contributed by atoms with van der Waals surface area (Å²) in [7, 11) is 1.70. The van der Waals surface area contributed by atoms with Gasteiger partial charge in [0.2, 0.25) is 5.91 Å². The highest BCUT2D eigenvalue weighted by Gasteiger charge is 2.29. The monoisotopic (exact) mass is 250 g/mol. The van der Waals surface area contributed by atoms with Crippen LogP contribution < -0.4 is 5.73 Å². The molecular weight excluding hydrogens is 228 g/mol. The Hall–Kier alpha value is -0.320. The summed E-state index contributed by atoms with van der Waals surface area (Å²) in [5.41, 5.74) is 5.73. The van der Waals surface area contributed by atoms with E-state index in [0.717, 1.165) is 26.1 Å². The van der Waals surface area contributed by atoms with Crippen molar-refractivity contribution in [3.05, 3.63) is 0 Å². The number of amides is 1. The summed E-state index contributed by atoms with van der Waals surface area (Å²) < 4.78 is 5.10. The molecule has 1 rings (SSSR count). The Labute approximate surface area is 104 Å². The molecule has 16 heavy (non-hydrogen) atoms. The quantitative estimate of drug-likeness (QED) is 0.806. The van der Waals surface area contributed by atoms with E-state index in [4.69, 9.17) is 10.5 Å². The van der Waals surface area contributed by atoms with Crippen LogP contribution in [0.1, 0.15) is 20.3 Å². The third-order valence-electron chi connectivity index (χ3n) is 3.18. The molecular formula is C11H23ClN2O2. The van der Waals surface area contributed by atoms with E-state index in [9.17, 15) is 4.79 Å². The molecule has 0 aliphatic carbocycles. The average molecular weight is 251 g/mol. The number of ether oxygens (including phenoxy) is 1. The number of hydrogen-bond acceptors (Lipinski definition) is 3. The Morgan fingerprint density at radius 3 is 2.69 bits per heavy atom. The second-order valence-electron chi connectivity index (χ2n) is 4.54. The van der Waals surface area contributed by atoms with Gasteiger partial charge in [-0.1, -0.05) is 6.92 Å². The number of halogens is 1. The van der Waals surface area contributed by atoms with Gasteiger partial charge in [0.25, 0.3) is 0 Å². The molecule has 96 valence electrons. The summed E-state index contributed by atoms with van der Waals surface area (Å²) in [5, 5.41) is 0. The van der Waals surface area contributed by atoms with Crippen LogP contribution in [0.25, 0.3) is 0 Å². The van der Waals surface area contributed by atoms with Crippen LogP contribution in [0, 0.1) is 11.8 Å². The molecule has 4 nitrogen and oxygen atoms in total. The SMILES string of the molecule is COCC1CCN(C(=O)C(C)C(C)N)C1.Cl. The molecule has 1 fully saturated rings. The molecule has 0 aromatic carbocycles. The Balaban J connectivity index is 0.00000225. The summed E-state index contributed by atoms with van der Waals surface area (Å²) in [6.07, 6.45) is 1.05. The third-order valence-corrected chi connectivity index (χ3v) is 3.18. The summed E-state index contributed by atoms with van der Waals surface area (Å²) in [5.74, 6) is 0.606. The lowest BCUT2D eigenvalue weighted by Crippen LogP contribution is -2.40. The van der Waals surface area contributed by atoms with Crippen LogP contribution in [0.4, 0.5) is 0 Å². The van der Waals surface area contributed by atoms with Gasteiger partial charge in [-0.3, -0.25) is 4.79 Å². The fraction of sp³-hybridized carbons (Fsp3) is 0.909. The zero-order chi connectivity index (χ0) is 11.4. The van der Waals surface area contributed by atoms with E-state index in [1.165, 1.54) is 0 Å². The van der Waals surface area contributed by atoms with Crippen molar-refractivity contribution in [3.63, 3.8) is 0 Å². The molecule has 1 saturated heterocycles. The van der Waals surface area contributed by atoms with Crippen molar-refractivity contribution in [1.82, 2.24) is 4.90 Å². The van der Waals surface area contributed by atoms with Gasteiger partial charge in [0.1, 0.15) is 0 Å². The van der Waals surface area contributed by atoms with Crippen LogP contribution in [0.15, 0.2) is 0 Å². The zero-order valence-corrected chi connectivity index (χ0v) is 11.1. The van der Waals surface area contributed by atoms with Crippen molar-refractivity contribution < 1.29 is 9.53 Å². The molecule has 1 aliphatic rings. The fourth-order valence-corrected chi connectivity index (χ4v) is 1.92. The van der Waals surface area contributed by atoms with Gasteiger partial charge >= 0.3 is 0 Å². The first kappa shape index (κ1) is 15.7. The van der Waals surface area contributed by atoms with Crippen LogP contribution in [-0.4, -0.2) is 43.7 Å². The predicted octanol–water partition coefficient (Wildman–Crippen LogP) is 0.886. The van der Waals surface area contributed by atoms with Crippen LogP contribution >= 0.6 is 12.4 Å². The van der Waals surface area contributed by atoms with Gasteiger partial charge < -0.3 is 15.4 Å². The highest BCUT2D eigenvalue weighted by Crippen LogP contribution is 2.19. The molecule has 0 aromatic heterocycles. The number of carbonyl (C=O) groups is 1. The Bertz CT molecular complexity index is 224. The highest BCUT2D eigenvalue weighted by molar-refractivity contribution is 5.85. The minimum Gasteiger partial charge on any atom is -0.384 e. The summed E-state index contributed by atoms with van der Waals surface area (Å²) in [6, 6.07) is -0.0704. The first-order valence-electron chi connectivity index (χ1n) is 5.59. The van der Waals surface area contributed by atoms with E-state index >= 15 is 0 Å². The van der Waals surface area contributed by atoms with Gasteiger partial charge in [0.05, 0.1) is 12.5 Å². The lowest BCUT2D eigenvalue weighted by atomic mass is 10.0. The smallest absolute Gasteiger partial charge is 0.226 e. The Kier molecular flexibility index (Phi) is 6.95. The van der Waals surface area contributed by atoms with Crippen molar-refractivity contribution in [3.8, 4) is 0 Å². The first-order chi connectivity index (χ1) is 7.06. The molecule has 0 saturated carbocycles. The minimum absolute atomic E-state index is 0. The van der Waals surface area contributed by atoms with E-state index in [0.29, 0.717) is 5.92 Å². The number of methoxy groups -OCH3 is 1. The van der Waals surface area contributed by atoms with Gasteiger partial charge in [0, 0.05) is 32.2 Å². The number of hydrogen-bond donors (Lipinski definition) is 1. The molecule has 3 unspecified atom stereocenters. The second-order valence-corrected chi connectivity index (χ2v) is 4.54. The number of rotatable bonds is 4. The maximum absolute atomic E-state index is 11.9. The highest BCUT2D eigenvalue weighted by atomic mass is 35.5. The van der Waals surface area contributed by atoms with E-state index in [1.807, 2.05) is 18.7 Å². The van der Waals surface area contributed by atoms with Crippen LogP contribution in [-0.2, 0) is 9.53 Å². The average Bonchev–Trinajstić information content (AvgIpc) is 2.64. The molecule has 1 heterocycles. The zero-order valence-electron chi connectivity index (χ0n) is 10.3. The molecule has 3 atom stereocenters. The van der Waals surface area contributed by atoms with Gasteiger partial charge in [0.15, 0.2) is 0 Å². The van der Waals surface area contributed by atoms with Crippen molar-refractivity contribution in [2.24, 2.45) is 17.6 Å². The van der Waals surface area contributed by atoms with E-state index < -0.39 is 0 Å². The van der Waals surface area contributed by atoms with Crippen LogP contribution in [0.2, 0.25) is 0 Å². The summed E-state index contributed by atoms with van der Waals surface area (Å²) >= 11 is 0. The van der Waals surface area contributed by atoms with Crippen molar-refractivity contribution in [2.45, 2.75) is 26.3 Å². The molecule has 0 radical (unpaired) electrons. The standard InChI is InChI=1S/C11H22N2O2.ClH/c1-8(9(2)12)11(14)13-5-4-10(6-13)7-15-3;/h8-10H,4-7,12H2,1-3H3;1H. The second kappa shape index (κ2) is 7.09. The van der Waals surface area contributed by atoms with E-state index in [2.05, 4.69) is 0 Å². The van der Waals surface area contributed by atoms with Gasteiger partial charge in [-0.25, -0.2) is 0 Å². The van der Waals surface area contributed by atoms with Crippen molar-refractivity contribution in [1.29, 1.82) is 0 Å². The van der Waals surface area contributed by atoms with Crippen molar-refractivity contribution in [2.75, 3.05) is 26.8 Å². The normalized spacial score (nSPS) is 23.8. The lowest BCUT2D eigenvalue weighted by Gasteiger charge is -2.23. The molecule has 5 heteroatoms. The fourth-order valence-electron chi connectivity index (χ4n) is 1.92. The summed E-state index contributed by atoms with van der Waals surface area (Å²) in [6.45, 7) is 6.20. The molecule has 2 N–H and O–H groups in total. The predicted molar refractivity (Wildman–Crippen MR) is 66.6 cm³/mol. The third kappa shape index (κ3) is 3.92. The number of nitrogens with two attached hydrogens (primary N) is 1. The summed E-state index contributed by atoms with van der Waals surface area (Å²) in [4.78, 5) is 13.9. The minimum atomic E-state index is -0.0775. The maximum atomic E-state index is 11.9. The van der Waals surface area contributed by atoms with Gasteiger partial charge in [-0.15, -0.1) is 12.4 Å². The molecule has 0 bridgehead atoms. The molecule has 1 aliphatic heterocycles. The Morgan fingerprint density at radius 1 is 1.56 bits per heavy atom. The van der Waals surface area contributed by atoms with Crippen molar-refractivity contribution >= 4 is 18.3 Å². The Morgan fingerprint density at radius 2 is 2.19 bits per heavy atom. The largest absolute Gasteiger partial charge is 0.384 e. The molecule has 1 amide bonds. The van der Waals surface area contributed by atoms with Gasteiger partial charge in [-0.05, 0) is 13.3 Å². The topological polar surface area (TPSA) is 55.6 Å². The van der Waals surface area contributed by atoms with Crippen LogP contribution in [0.3, 0.4) is 0 Å². The lowest BCUT2D eigenvalue weighted by molar-refractivity contribution is -0.134. The number of nitrogens with zero attached hydrogens (tertiary/aromatic N) is 1. The van der Waals surface area contributed by atoms with Crippen LogP contribution in [0.5, 0.6) is 0 Å². The maximum Gasteiger partial charge on any atom is 0.226 e. The molecule has 0 spiro atoms.